The maximum Gasteiger partial charge on any atom is 0.160 e. The highest BCUT2D eigenvalue weighted by Crippen LogP contribution is 2.43. The molecule has 0 aliphatic carbocycles. The first-order valence-electron chi connectivity index (χ1n) is 19.6. The highest BCUT2D eigenvalue weighted by atomic mass is 32.1. The fourth-order valence-corrected chi connectivity index (χ4v) is 9.90. The molecule has 4 heteroatoms. The van der Waals surface area contributed by atoms with Crippen molar-refractivity contribution in [2.45, 2.75) is 0 Å². The molecule has 0 N–H and O–H groups in total. The van der Waals surface area contributed by atoms with E-state index in [0.29, 0.717) is 5.82 Å². The maximum absolute atomic E-state index is 5.24. The number of para-hydroxylation sites is 1. The average Bonchev–Trinajstić information content (AvgIpc) is 3.83. The van der Waals surface area contributed by atoms with Crippen molar-refractivity contribution in [3.05, 3.63) is 200 Å². The molecule has 3 heterocycles. The van der Waals surface area contributed by atoms with Crippen LogP contribution >= 0.6 is 11.3 Å². The third-order valence-electron chi connectivity index (χ3n) is 11.6. The molecular formula is C54H33N3S. The molecule has 0 unspecified atom stereocenters. The fourth-order valence-electron chi connectivity index (χ4n) is 8.73. The van der Waals surface area contributed by atoms with Gasteiger partial charge >= 0.3 is 0 Å². The van der Waals surface area contributed by atoms with Crippen LogP contribution in [0.3, 0.4) is 0 Å². The van der Waals surface area contributed by atoms with Crippen LogP contribution in [-0.4, -0.2) is 14.5 Å². The lowest BCUT2D eigenvalue weighted by Gasteiger charge is -2.11. The zero-order valence-electron chi connectivity index (χ0n) is 31.3. The number of benzene rings is 9. The van der Waals surface area contributed by atoms with Gasteiger partial charge < -0.3 is 4.57 Å². The van der Waals surface area contributed by atoms with E-state index in [4.69, 9.17) is 9.97 Å². The number of fused-ring (bicyclic) bond motifs is 8. The molecule has 0 bridgehead atoms. The monoisotopic (exact) mass is 755 g/mol. The van der Waals surface area contributed by atoms with Gasteiger partial charge in [0.05, 0.1) is 28.1 Å². The zero-order chi connectivity index (χ0) is 38.2. The van der Waals surface area contributed by atoms with Crippen molar-refractivity contribution in [3.63, 3.8) is 0 Å². The van der Waals surface area contributed by atoms with Crippen LogP contribution in [0.4, 0.5) is 0 Å². The number of thiophene rings is 1. The van der Waals surface area contributed by atoms with Gasteiger partial charge in [0, 0.05) is 47.6 Å². The smallest absolute Gasteiger partial charge is 0.160 e. The Kier molecular flexibility index (Phi) is 7.40. The summed E-state index contributed by atoms with van der Waals surface area (Å²) >= 11 is 1.84. The number of rotatable bonds is 5. The van der Waals surface area contributed by atoms with Gasteiger partial charge in [0.15, 0.2) is 5.82 Å². The van der Waals surface area contributed by atoms with E-state index in [1.165, 1.54) is 74.8 Å². The van der Waals surface area contributed by atoms with E-state index in [9.17, 15) is 0 Å². The Morgan fingerprint density at radius 3 is 1.83 bits per heavy atom. The molecule has 9 aromatic carbocycles. The molecule has 3 nitrogen and oxygen atoms in total. The van der Waals surface area contributed by atoms with Crippen molar-refractivity contribution in [1.82, 2.24) is 14.5 Å². The van der Waals surface area contributed by atoms with Gasteiger partial charge in [0.25, 0.3) is 0 Å². The maximum atomic E-state index is 5.24. The van der Waals surface area contributed by atoms with Gasteiger partial charge in [0.2, 0.25) is 0 Å². The first-order chi connectivity index (χ1) is 28.7. The second-order valence-electron chi connectivity index (χ2n) is 15.0. The summed E-state index contributed by atoms with van der Waals surface area (Å²) in [6.45, 7) is 0. The highest BCUT2D eigenvalue weighted by molar-refractivity contribution is 7.26. The van der Waals surface area contributed by atoms with Gasteiger partial charge in [-0.05, 0) is 81.2 Å². The molecule has 12 aromatic rings. The number of nitrogens with zero attached hydrogens (tertiary/aromatic N) is 3. The third-order valence-corrected chi connectivity index (χ3v) is 12.7. The Bertz CT molecular complexity index is 3560. The predicted molar refractivity (Wildman–Crippen MR) is 246 cm³/mol. The van der Waals surface area contributed by atoms with Crippen LogP contribution in [0.15, 0.2) is 200 Å². The molecule has 0 aliphatic rings. The van der Waals surface area contributed by atoms with E-state index in [-0.39, 0.29) is 0 Å². The summed E-state index contributed by atoms with van der Waals surface area (Å²) in [4.78, 5) is 10.4. The van der Waals surface area contributed by atoms with E-state index in [1.807, 2.05) is 17.4 Å². The lowest BCUT2D eigenvalue weighted by molar-refractivity contribution is 1.18. The predicted octanol–water partition coefficient (Wildman–Crippen LogP) is 14.9. The minimum Gasteiger partial charge on any atom is -0.309 e. The summed E-state index contributed by atoms with van der Waals surface area (Å²) in [6, 6.07) is 72.0. The fraction of sp³-hybridized carbons (Fsp3) is 0. The van der Waals surface area contributed by atoms with Crippen LogP contribution in [-0.2, 0) is 0 Å². The number of hydrogen-bond acceptors (Lipinski definition) is 3. The van der Waals surface area contributed by atoms with E-state index >= 15 is 0 Å². The molecule has 0 saturated carbocycles. The molecule has 0 saturated heterocycles. The van der Waals surface area contributed by atoms with E-state index in [1.54, 1.807) is 0 Å². The van der Waals surface area contributed by atoms with Crippen molar-refractivity contribution in [2.24, 2.45) is 0 Å². The zero-order valence-corrected chi connectivity index (χ0v) is 32.1. The molecule has 0 aliphatic heterocycles. The molecule has 0 amide bonds. The van der Waals surface area contributed by atoms with Crippen LogP contribution in [0.5, 0.6) is 0 Å². The summed E-state index contributed by atoms with van der Waals surface area (Å²) in [5.41, 5.74) is 10.9. The summed E-state index contributed by atoms with van der Waals surface area (Å²) in [6.07, 6.45) is 0. The van der Waals surface area contributed by atoms with E-state index in [0.717, 1.165) is 33.6 Å². The summed E-state index contributed by atoms with van der Waals surface area (Å²) in [7, 11) is 0. The summed E-state index contributed by atoms with van der Waals surface area (Å²) in [5.74, 6) is 0.707. The molecule has 0 fully saturated rings. The standard InChI is InChI=1S/C54H33N3S/c1-2-12-36(13-3-1)46-33-47(56-54(55-46)37-24-21-35(22-25-37)41-26-23-34-11-4-5-14-38(34)29-41)42-27-28-44-52(32-42)58-51-20-10-19-49(53(44)51)57-48-18-9-8-17-43(48)45-30-39-15-6-7-16-40(39)31-50(45)57/h1-33H. The second kappa shape index (κ2) is 13.1. The largest absolute Gasteiger partial charge is 0.309 e. The van der Waals surface area contributed by atoms with Crippen LogP contribution < -0.4 is 0 Å². The van der Waals surface area contributed by atoms with Crippen LogP contribution in [0.2, 0.25) is 0 Å². The topological polar surface area (TPSA) is 30.7 Å². The third kappa shape index (κ3) is 5.34. The molecule has 12 rings (SSSR count). The van der Waals surface area contributed by atoms with Crippen molar-refractivity contribution >= 4 is 74.9 Å². The Hall–Kier alpha value is -7.40. The van der Waals surface area contributed by atoms with Gasteiger partial charge in [-0.15, -0.1) is 11.3 Å². The normalized spacial score (nSPS) is 11.8. The van der Waals surface area contributed by atoms with Gasteiger partial charge in [-0.3, -0.25) is 0 Å². The second-order valence-corrected chi connectivity index (χ2v) is 16.1. The average molecular weight is 756 g/mol. The first kappa shape index (κ1) is 32.8. The Balaban J connectivity index is 0.993. The molecule has 0 atom stereocenters. The lowest BCUT2D eigenvalue weighted by atomic mass is 10.00. The first-order valence-corrected chi connectivity index (χ1v) is 20.5. The lowest BCUT2D eigenvalue weighted by Crippen LogP contribution is -1.96. The summed E-state index contributed by atoms with van der Waals surface area (Å²) in [5, 5.41) is 10.0. The van der Waals surface area contributed by atoms with E-state index in [2.05, 4.69) is 199 Å². The van der Waals surface area contributed by atoms with Crippen molar-refractivity contribution in [1.29, 1.82) is 0 Å². The van der Waals surface area contributed by atoms with Crippen molar-refractivity contribution in [3.8, 4) is 50.7 Å². The van der Waals surface area contributed by atoms with Gasteiger partial charge in [-0.1, -0.05) is 152 Å². The quantitative estimate of drug-likeness (QED) is 0.175. The van der Waals surface area contributed by atoms with Crippen LogP contribution in [0, 0.1) is 0 Å². The SMILES string of the molecule is c1ccc(-c2cc(-c3ccc4c(c3)sc3cccc(-n5c6ccccc6c6cc7ccccc7cc65)c34)nc(-c3ccc(-c4ccc5ccccc5c4)cc3)n2)cc1. The Morgan fingerprint density at radius 2 is 1.00 bits per heavy atom. The number of hydrogen-bond donors (Lipinski definition) is 0. The molecule has 270 valence electrons. The number of aromatic nitrogens is 3. The molecule has 3 aromatic heterocycles. The van der Waals surface area contributed by atoms with Gasteiger partial charge in [-0.2, -0.15) is 0 Å². The summed E-state index contributed by atoms with van der Waals surface area (Å²) < 4.78 is 4.96. The van der Waals surface area contributed by atoms with Crippen molar-refractivity contribution < 1.29 is 0 Å². The highest BCUT2D eigenvalue weighted by Gasteiger charge is 2.19. The minimum absolute atomic E-state index is 0.707. The minimum atomic E-state index is 0.707. The van der Waals surface area contributed by atoms with Gasteiger partial charge in [0.1, 0.15) is 0 Å². The molecule has 0 spiro atoms. The van der Waals surface area contributed by atoms with Crippen LogP contribution in [0.25, 0.3) is 114 Å². The molecular weight excluding hydrogens is 723 g/mol. The molecule has 58 heavy (non-hydrogen) atoms. The van der Waals surface area contributed by atoms with Crippen molar-refractivity contribution in [2.75, 3.05) is 0 Å². The Labute approximate surface area is 338 Å². The Morgan fingerprint density at radius 1 is 0.345 bits per heavy atom. The molecule has 0 radical (unpaired) electrons. The van der Waals surface area contributed by atoms with Gasteiger partial charge in [-0.25, -0.2) is 9.97 Å². The van der Waals surface area contributed by atoms with E-state index < -0.39 is 0 Å². The van der Waals surface area contributed by atoms with Crippen LogP contribution in [0.1, 0.15) is 0 Å².